The van der Waals surface area contributed by atoms with Crippen molar-refractivity contribution in [1.29, 1.82) is 0 Å². The lowest BCUT2D eigenvalue weighted by atomic mass is 10.1. The molecule has 1 atom stereocenters. The third-order valence-electron chi connectivity index (χ3n) is 5.01. The van der Waals surface area contributed by atoms with Crippen molar-refractivity contribution in [2.75, 3.05) is 25.5 Å². The Bertz CT molecular complexity index is 794. The second-order valence-corrected chi connectivity index (χ2v) is 6.75. The maximum Gasteiger partial charge on any atom is 0.254 e. The third-order valence-corrected chi connectivity index (χ3v) is 5.01. The van der Waals surface area contributed by atoms with Crippen LogP contribution in [0.5, 0.6) is 0 Å². The molecule has 1 aliphatic rings. The minimum atomic E-state index is -0.0540. The number of nitrogens with zero attached hydrogens (tertiary/aromatic N) is 3. The molecule has 1 unspecified atom stereocenters. The number of anilines is 1. The van der Waals surface area contributed by atoms with Gasteiger partial charge < -0.3 is 15.1 Å². The molecule has 1 fully saturated rings. The largest absolute Gasteiger partial charge is 0.373 e. The van der Waals surface area contributed by atoms with Gasteiger partial charge in [0.15, 0.2) is 0 Å². The topological polar surface area (TPSA) is 65.5 Å². The van der Waals surface area contributed by atoms with Crippen LogP contribution in [-0.4, -0.2) is 52.8 Å². The molecule has 6 heteroatoms. The second-order valence-electron chi connectivity index (χ2n) is 6.75. The highest BCUT2D eigenvalue weighted by Gasteiger charge is 2.31. The summed E-state index contributed by atoms with van der Waals surface area (Å²) in [4.78, 5) is 33.6. The molecule has 2 amide bonds. The van der Waals surface area contributed by atoms with Gasteiger partial charge >= 0.3 is 0 Å². The molecule has 0 bridgehead atoms. The summed E-state index contributed by atoms with van der Waals surface area (Å²) in [5, 5.41) is 2.95. The van der Waals surface area contributed by atoms with E-state index in [0.29, 0.717) is 37.4 Å². The van der Waals surface area contributed by atoms with Crippen LogP contribution in [0.3, 0.4) is 0 Å². The summed E-state index contributed by atoms with van der Waals surface area (Å²) < 4.78 is 0. The van der Waals surface area contributed by atoms with Crippen molar-refractivity contribution < 1.29 is 9.59 Å². The van der Waals surface area contributed by atoms with Crippen molar-refractivity contribution >= 4 is 17.6 Å². The Kier molecular flexibility index (Phi) is 6.06. The van der Waals surface area contributed by atoms with Crippen LogP contribution in [0.2, 0.25) is 0 Å². The highest BCUT2D eigenvalue weighted by Crippen LogP contribution is 2.20. The second kappa shape index (κ2) is 8.66. The molecule has 2 heterocycles. The predicted octanol–water partition coefficient (Wildman–Crippen LogP) is 2.78. The van der Waals surface area contributed by atoms with Gasteiger partial charge in [0, 0.05) is 50.9 Å². The summed E-state index contributed by atoms with van der Waals surface area (Å²) in [5.41, 5.74) is 1.70. The van der Waals surface area contributed by atoms with Crippen molar-refractivity contribution in [1.82, 2.24) is 14.8 Å². The van der Waals surface area contributed by atoms with Crippen molar-refractivity contribution in [3.63, 3.8) is 0 Å². The van der Waals surface area contributed by atoms with E-state index < -0.39 is 0 Å². The number of hydrogen-bond donors (Lipinski definition) is 1. The van der Waals surface area contributed by atoms with Gasteiger partial charge in [0.25, 0.3) is 5.91 Å². The van der Waals surface area contributed by atoms with Gasteiger partial charge in [-0.05, 0) is 24.1 Å². The van der Waals surface area contributed by atoms with Gasteiger partial charge in [0.1, 0.15) is 5.82 Å². The smallest absolute Gasteiger partial charge is 0.254 e. The van der Waals surface area contributed by atoms with Gasteiger partial charge in [-0.1, -0.05) is 37.3 Å². The zero-order valence-electron chi connectivity index (χ0n) is 15.9. The maximum absolute atomic E-state index is 13.0. The molecule has 0 aliphatic carbocycles. The number of rotatable bonds is 5. The van der Waals surface area contributed by atoms with Crippen molar-refractivity contribution in [3.05, 3.63) is 59.8 Å². The molecule has 0 saturated carbocycles. The van der Waals surface area contributed by atoms with Crippen LogP contribution in [0.15, 0.2) is 48.7 Å². The first-order valence-electron chi connectivity index (χ1n) is 9.38. The fourth-order valence-electron chi connectivity index (χ4n) is 3.44. The number of carbonyl (C=O) groups is 2. The third kappa shape index (κ3) is 4.45. The SMILES string of the molecule is CCC1CN(C(=O)c2ccnc(NC)c2)CCC(=O)N1Cc1ccccc1. The Hall–Kier alpha value is -2.89. The van der Waals surface area contributed by atoms with Crippen LogP contribution in [0.1, 0.15) is 35.7 Å². The summed E-state index contributed by atoms with van der Waals surface area (Å²) in [5.74, 6) is 0.706. The van der Waals surface area contributed by atoms with Gasteiger partial charge in [-0.25, -0.2) is 4.98 Å². The van der Waals surface area contributed by atoms with E-state index in [4.69, 9.17) is 0 Å². The van der Waals surface area contributed by atoms with E-state index in [-0.39, 0.29) is 17.9 Å². The molecule has 1 aliphatic heterocycles. The fraction of sp³-hybridized carbons (Fsp3) is 0.381. The predicted molar refractivity (Wildman–Crippen MR) is 105 cm³/mol. The molecule has 3 rings (SSSR count). The zero-order chi connectivity index (χ0) is 19.2. The fourth-order valence-corrected chi connectivity index (χ4v) is 3.44. The number of hydrogen-bond acceptors (Lipinski definition) is 4. The molecule has 2 aromatic rings. The lowest BCUT2D eigenvalue weighted by Gasteiger charge is -2.31. The summed E-state index contributed by atoms with van der Waals surface area (Å²) in [6, 6.07) is 13.5. The van der Waals surface area contributed by atoms with Crippen molar-refractivity contribution in [3.8, 4) is 0 Å². The van der Waals surface area contributed by atoms with E-state index in [0.717, 1.165) is 12.0 Å². The van der Waals surface area contributed by atoms with Crippen molar-refractivity contribution in [2.45, 2.75) is 32.4 Å². The first kappa shape index (κ1) is 18.9. The molecule has 0 spiro atoms. The average molecular weight is 366 g/mol. The number of carbonyl (C=O) groups excluding carboxylic acids is 2. The maximum atomic E-state index is 13.0. The molecule has 0 radical (unpaired) electrons. The van der Waals surface area contributed by atoms with Gasteiger partial charge in [0.05, 0.1) is 0 Å². The Morgan fingerprint density at radius 2 is 2.04 bits per heavy atom. The lowest BCUT2D eigenvalue weighted by Crippen LogP contribution is -2.43. The highest BCUT2D eigenvalue weighted by molar-refractivity contribution is 5.95. The zero-order valence-corrected chi connectivity index (χ0v) is 15.9. The molecule has 1 aromatic heterocycles. The number of aromatic nitrogens is 1. The standard InChI is InChI=1S/C21H26N4O2/c1-3-18-15-24(21(27)17-9-11-23-19(13-17)22-2)12-10-20(26)25(18)14-16-7-5-4-6-8-16/h4-9,11,13,18H,3,10,12,14-15H2,1-2H3,(H,22,23). The van der Waals surface area contributed by atoms with Crippen LogP contribution >= 0.6 is 0 Å². The molecule has 142 valence electrons. The monoisotopic (exact) mass is 366 g/mol. The van der Waals surface area contributed by atoms with Crippen LogP contribution in [0.25, 0.3) is 0 Å². The summed E-state index contributed by atoms with van der Waals surface area (Å²) in [6.07, 6.45) is 2.78. The Morgan fingerprint density at radius 1 is 1.26 bits per heavy atom. The van der Waals surface area contributed by atoms with Crippen LogP contribution in [0.4, 0.5) is 5.82 Å². The first-order valence-corrected chi connectivity index (χ1v) is 9.38. The molecule has 27 heavy (non-hydrogen) atoms. The molecule has 6 nitrogen and oxygen atoms in total. The van der Waals surface area contributed by atoms with Crippen LogP contribution in [-0.2, 0) is 11.3 Å². The van der Waals surface area contributed by atoms with Crippen LogP contribution in [0, 0.1) is 0 Å². The Balaban J connectivity index is 1.78. The average Bonchev–Trinajstić information content (AvgIpc) is 2.87. The molecular weight excluding hydrogens is 340 g/mol. The quantitative estimate of drug-likeness (QED) is 0.884. The number of benzene rings is 1. The van der Waals surface area contributed by atoms with E-state index in [1.807, 2.05) is 35.2 Å². The van der Waals surface area contributed by atoms with Gasteiger partial charge in [-0.3, -0.25) is 9.59 Å². The summed E-state index contributed by atoms with van der Waals surface area (Å²) in [6.45, 7) is 3.64. The molecule has 1 N–H and O–H groups in total. The van der Waals surface area contributed by atoms with Crippen LogP contribution < -0.4 is 5.32 Å². The van der Waals surface area contributed by atoms with Gasteiger partial charge in [-0.2, -0.15) is 0 Å². The minimum Gasteiger partial charge on any atom is -0.373 e. The lowest BCUT2D eigenvalue weighted by molar-refractivity contribution is -0.133. The van der Waals surface area contributed by atoms with E-state index in [1.165, 1.54) is 0 Å². The molecule has 1 aromatic carbocycles. The first-order chi connectivity index (χ1) is 13.1. The van der Waals surface area contributed by atoms with E-state index in [9.17, 15) is 9.59 Å². The highest BCUT2D eigenvalue weighted by atomic mass is 16.2. The number of pyridine rings is 1. The van der Waals surface area contributed by atoms with E-state index in [1.54, 1.807) is 30.3 Å². The van der Waals surface area contributed by atoms with Gasteiger partial charge in [-0.15, -0.1) is 0 Å². The summed E-state index contributed by atoms with van der Waals surface area (Å²) in [7, 11) is 1.77. The molecule has 1 saturated heterocycles. The van der Waals surface area contributed by atoms with E-state index >= 15 is 0 Å². The Labute approximate surface area is 160 Å². The number of amides is 2. The normalized spacial score (nSPS) is 17.6. The van der Waals surface area contributed by atoms with E-state index in [2.05, 4.69) is 17.2 Å². The minimum absolute atomic E-state index is 0.00904. The number of nitrogens with one attached hydrogen (secondary N) is 1. The molecular formula is C21H26N4O2. The summed E-state index contributed by atoms with van der Waals surface area (Å²) >= 11 is 0. The Morgan fingerprint density at radius 3 is 2.74 bits per heavy atom. The van der Waals surface area contributed by atoms with Crippen molar-refractivity contribution in [2.24, 2.45) is 0 Å². The van der Waals surface area contributed by atoms with Gasteiger partial charge in [0.2, 0.25) is 5.91 Å².